The number of hydrogen-bond acceptors (Lipinski definition) is 3. The number of rotatable bonds is 6. The average molecular weight is 352 g/mol. The number of aryl methyl sites for hydroxylation is 1. The number of fused-ring (bicyclic) bond motifs is 1. The summed E-state index contributed by atoms with van der Waals surface area (Å²) in [4.78, 5) is 36.6. The van der Waals surface area contributed by atoms with Gasteiger partial charge in [0.15, 0.2) is 0 Å². The van der Waals surface area contributed by atoms with Gasteiger partial charge in [0.25, 0.3) is 0 Å². The molecule has 1 aliphatic heterocycles. The predicted octanol–water partition coefficient (Wildman–Crippen LogP) is 2.05. The number of likely N-dealkylation sites (tertiary alicyclic amines) is 1. The Kier molecular flexibility index (Phi) is 4.03. The number of amides is 1. The normalized spacial score (nSPS) is 27.6. The summed E-state index contributed by atoms with van der Waals surface area (Å²) in [6, 6.07) is 7.38. The first kappa shape index (κ1) is 16.8. The van der Waals surface area contributed by atoms with Crippen LogP contribution in [-0.4, -0.2) is 46.0 Å². The first-order chi connectivity index (χ1) is 11.3. The average Bonchev–Trinajstić information content (AvgIpc) is 3.08. The molecule has 1 saturated carbocycles. The van der Waals surface area contributed by atoms with E-state index in [9.17, 15) is 24.6 Å². The van der Waals surface area contributed by atoms with E-state index >= 15 is 0 Å². The molecule has 1 heterocycles. The van der Waals surface area contributed by atoms with Crippen LogP contribution in [-0.2, 0) is 20.8 Å². The van der Waals surface area contributed by atoms with Crippen molar-refractivity contribution in [1.29, 1.82) is 0 Å². The molecule has 1 aromatic carbocycles. The minimum atomic E-state index is -1.30. The van der Waals surface area contributed by atoms with Gasteiger partial charge in [-0.1, -0.05) is 23.7 Å². The molecule has 7 heteroatoms. The lowest BCUT2D eigenvalue weighted by Gasteiger charge is -2.20. The van der Waals surface area contributed by atoms with Crippen molar-refractivity contribution >= 4 is 29.4 Å². The summed E-state index contributed by atoms with van der Waals surface area (Å²) < 4.78 is 0. The highest BCUT2D eigenvalue weighted by Crippen LogP contribution is 2.68. The Bertz CT molecular complexity index is 675. The molecule has 0 bridgehead atoms. The van der Waals surface area contributed by atoms with Crippen LogP contribution in [0.5, 0.6) is 0 Å². The number of nitrogens with zero attached hydrogens (tertiary/aromatic N) is 1. The standard InChI is InChI=1S/C17H18ClNO5/c18-12-6-4-11(5-7-12)2-1-3-13(20)19-9-16(14(21)22)8-17(16,10-19)15(23)24/h4-7H,1-3,8-10H2,(H,21,22)(H,23,24)/t16-,17+. The van der Waals surface area contributed by atoms with Crippen LogP contribution in [0.1, 0.15) is 24.8 Å². The van der Waals surface area contributed by atoms with Gasteiger partial charge in [-0.25, -0.2) is 0 Å². The van der Waals surface area contributed by atoms with Crippen molar-refractivity contribution < 1.29 is 24.6 Å². The second kappa shape index (κ2) is 5.77. The van der Waals surface area contributed by atoms with Gasteiger partial charge in [0, 0.05) is 24.5 Å². The molecule has 1 amide bonds. The minimum absolute atomic E-state index is 0.00554. The van der Waals surface area contributed by atoms with Crippen molar-refractivity contribution in [2.75, 3.05) is 13.1 Å². The number of carbonyl (C=O) groups excluding carboxylic acids is 1. The van der Waals surface area contributed by atoms with Gasteiger partial charge in [-0.05, 0) is 37.0 Å². The number of carboxylic acid groups (broad SMARTS) is 2. The molecule has 0 radical (unpaired) electrons. The van der Waals surface area contributed by atoms with E-state index in [1.54, 1.807) is 12.1 Å². The van der Waals surface area contributed by atoms with Crippen molar-refractivity contribution in [3.63, 3.8) is 0 Å². The predicted molar refractivity (Wildman–Crippen MR) is 85.7 cm³/mol. The van der Waals surface area contributed by atoms with Crippen LogP contribution >= 0.6 is 11.6 Å². The highest BCUT2D eigenvalue weighted by atomic mass is 35.5. The SMILES string of the molecule is O=C(CCCc1ccc(Cl)cc1)N1C[C@@]2(C(=O)O)C[C@@]2(C(=O)O)C1. The van der Waals surface area contributed by atoms with E-state index in [2.05, 4.69) is 0 Å². The van der Waals surface area contributed by atoms with Crippen LogP contribution in [0.15, 0.2) is 24.3 Å². The molecule has 0 unspecified atom stereocenters. The smallest absolute Gasteiger partial charge is 0.312 e. The molecule has 24 heavy (non-hydrogen) atoms. The number of piperidine rings is 1. The van der Waals surface area contributed by atoms with Gasteiger partial charge < -0.3 is 15.1 Å². The fourth-order valence-corrected chi connectivity index (χ4v) is 3.84. The van der Waals surface area contributed by atoms with Crippen molar-refractivity contribution in [2.45, 2.75) is 25.7 Å². The Morgan fingerprint density at radius 1 is 1.04 bits per heavy atom. The van der Waals surface area contributed by atoms with Crippen LogP contribution in [0.25, 0.3) is 0 Å². The Labute approximate surface area is 144 Å². The summed E-state index contributed by atoms with van der Waals surface area (Å²) >= 11 is 5.82. The van der Waals surface area contributed by atoms with Gasteiger partial charge in [0.05, 0.1) is 0 Å². The van der Waals surface area contributed by atoms with Gasteiger partial charge in [0.1, 0.15) is 10.8 Å². The third kappa shape index (κ3) is 2.55. The molecule has 2 fully saturated rings. The maximum Gasteiger partial charge on any atom is 0.312 e. The summed E-state index contributed by atoms with van der Waals surface area (Å²) in [6.45, 7) is -0.0111. The lowest BCUT2D eigenvalue weighted by Crippen LogP contribution is -2.34. The van der Waals surface area contributed by atoms with Crippen molar-refractivity contribution in [3.8, 4) is 0 Å². The number of aliphatic carboxylic acids is 2. The molecule has 3 rings (SSSR count). The molecule has 1 saturated heterocycles. The molecule has 128 valence electrons. The Balaban J connectivity index is 1.56. The summed E-state index contributed by atoms with van der Waals surface area (Å²) in [5.74, 6) is -2.43. The highest BCUT2D eigenvalue weighted by molar-refractivity contribution is 6.30. The summed E-state index contributed by atoms with van der Waals surface area (Å²) in [5.41, 5.74) is -1.53. The summed E-state index contributed by atoms with van der Waals surface area (Å²) in [6.07, 6.45) is 1.72. The third-order valence-corrected chi connectivity index (χ3v) is 5.51. The molecule has 6 nitrogen and oxygen atoms in total. The fraction of sp³-hybridized carbons (Fsp3) is 0.471. The topological polar surface area (TPSA) is 94.9 Å². The van der Waals surface area contributed by atoms with Crippen LogP contribution in [0.3, 0.4) is 0 Å². The summed E-state index contributed by atoms with van der Waals surface area (Å²) in [7, 11) is 0. The van der Waals surface area contributed by atoms with Crippen molar-refractivity contribution in [1.82, 2.24) is 4.90 Å². The Morgan fingerprint density at radius 2 is 1.58 bits per heavy atom. The number of carboxylic acids is 2. The maximum absolute atomic E-state index is 12.3. The van der Waals surface area contributed by atoms with Gasteiger partial charge >= 0.3 is 11.9 Å². The zero-order valence-corrected chi connectivity index (χ0v) is 13.8. The Hall–Kier alpha value is -2.08. The number of hydrogen-bond donors (Lipinski definition) is 2. The zero-order chi connectivity index (χ0) is 17.5. The Morgan fingerprint density at radius 3 is 2.08 bits per heavy atom. The van der Waals surface area contributed by atoms with Gasteiger partial charge in [-0.2, -0.15) is 0 Å². The molecule has 1 aromatic rings. The minimum Gasteiger partial charge on any atom is -0.481 e. The molecule has 2 N–H and O–H groups in total. The quantitative estimate of drug-likeness (QED) is 0.818. The van der Waals surface area contributed by atoms with E-state index in [0.29, 0.717) is 17.9 Å². The monoisotopic (exact) mass is 351 g/mol. The van der Waals surface area contributed by atoms with Gasteiger partial charge in [-0.3, -0.25) is 14.4 Å². The van der Waals surface area contributed by atoms with E-state index in [1.165, 1.54) is 4.90 Å². The second-order valence-corrected chi connectivity index (χ2v) is 7.12. The van der Waals surface area contributed by atoms with E-state index in [4.69, 9.17) is 11.6 Å². The first-order valence-electron chi connectivity index (χ1n) is 7.80. The maximum atomic E-state index is 12.3. The molecular weight excluding hydrogens is 334 g/mol. The largest absolute Gasteiger partial charge is 0.481 e. The molecule has 1 aliphatic carbocycles. The van der Waals surface area contributed by atoms with E-state index in [0.717, 1.165) is 5.56 Å². The van der Waals surface area contributed by atoms with Crippen molar-refractivity contribution in [3.05, 3.63) is 34.9 Å². The van der Waals surface area contributed by atoms with E-state index in [1.807, 2.05) is 12.1 Å². The van der Waals surface area contributed by atoms with Gasteiger partial charge in [-0.15, -0.1) is 0 Å². The highest BCUT2D eigenvalue weighted by Gasteiger charge is 2.81. The van der Waals surface area contributed by atoms with Gasteiger partial charge in [0.2, 0.25) is 5.91 Å². The molecule has 0 spiro atoms. The lowest BCUT2D eigenvalue weighted by molar-refractivity contribution is -0.151. The van der Waals surface area contributed by atoms with E-state index in [-0.39, 0.29) is 31.8 Å². The van der Waals surface area contributed by atoms with E-state index < -0.39 is 22.8 Å². The number of benzene rings is 1. The van der Waals surface area contributed by atoms with Crippen LogP contribution in [0.4, 0.5) is 0 Å². The lowest BCUT2D eigenvalue weighted by atomic mass is 9.97. The molecular formula is C17H18ClNO5. The summed E-state index contributed by atoms with van der Waals surface area (Å²) in [5, 5.41) is 19.4. The zero-order valence-electron chi connectivity index (χ0n) is 13.0. The van der Waals surface area contributed by atoms with Crippen LogP contribution in [0, 0.1) is 10.8 Å². The molecule has 2 atom stereocenters. The molecule has 2 aliphatic rings. The third-order valence-electron chi connectivity index (χ3n) is 5.26. The van der Waals surface area contributed by atoms with Crippen molar-refractivity contribution in [2.24, 2.45) is 10.8 Å². The number of carbonyl (C=O) groups is 3. The second-order valence-electron chi connectivity index (χ2n) is 6.68. The van der Waals surface area contributed by atoms with Crippen LogP contribution in [0.2, 0.25) is 5.02 Å². The molecule has 0 aromatic heterocycles. The first-order valence-corrected chi connectivity index (χ1v) is 8.18. The van der Waals surface area contributed by atoms with Crippen LogP contribution < -0.4 is 0 Å². The fourth-order valence-electron chi connectivity index (χ4n) is 3.72. The number of halogens is 1.